The first kappa shape index (κ1) is 13.7. The van der Waals surface area contributed by atoms with E-state index in [-0.39, 0.29) is 0 Å². The van der Waals surface area contributed by atoms with Gasteiger partial charge in [0.1, 0.15) is 5.82 Å². The van der Waals surface area contributed by atoms with Crippen molar-refractivity contribution in [3.05, 3.63) is 30.0 Å². The van der Waals surface area contributed by atoms with Gasteiger partial charge in [0.15, 0.2) is 16.6 Å². The second-order valence-electron chi connectivity index (χ2n) is 4.47. The van der Waals surface area contributed by atoms with Gasteiger partial charge in [0, 0.05) is 19.4 Å². The van der Waals surface area contributed by atoms with Crippen LogP contribution >= 0.6 is 11.8 Å². The number of nitrogens with zero attached hydrogens (tertiary/aromatic N) is 6. The highest BCUT2D eigenvalue weighted by Gasteiger charge is 2.11. The summed E-state index contributed by atoms with van der Waals surface area (Å²) in [5.41, 5.74) is 4.35. The molecular formula is C12H14N8S. The largest absolute Gasteiger partial charge is 0.308 e. The standard InChI is InChI=1S/C12H14N8S/c1-7-3-14-12(15-4-7)21-6-9-17-10(19-13)8-5-16-20(2)11(8)18-9/h3-5H,6,13H2,1-2H3,(H,17,18,19). The molecule has 0 unspecified atom stereocenters. The van der Waals surface area contributed by atoms with Crippen molar-refractivity contribution in [3.63, 3.8) is 0 Å². The molecule has 3 aromatic heterocycles. The van der Waals surface area contributed by atoms with E-state index in [0.29, 0.717) is 22.6 Å². The minimum absolute atomic E-state index is 0.554. The van der Waals surface area contributed by atoms with Gasteiger partial charge in [-0.25, -0.2) is 25.8 Å². The number of aromatic nitrogens is 6. The van der Waals surface area contributed by atoms with Crippen molar-refractivity contribution < 1.29 is 0 Å². The van der Waals surface area contributed by atoms with Crippen LogP contribution in [-0.2, 0) is 12.8 Å². The van der Waals surface area contributed by atoms with Crippen LogP contribution in [0.15, 0.2) is 23.7 Å². The lowest BCUT2D eigenvalue weighted by molar-refractivity contribution is 0.782. The van der Waals surface area contributed by atoms with E-state index in [0.717, 1.165) is 16.6 Å². The van der Waals surface area contributed by atoms with Crippen molar-refractivity contribution in [2.24, 2.45) is 12.9 Å². The third-order valence-corrected chi connectivity index (χ3v) is 3.73. The lowest BCUT2D eigenvalue weighted by atomic mass is 10.4. The van der Waals surface area contributed by atoms with Gasteiger partial charge in [-0.1, -0.05) is 11.8 Å². The van der Waals surface area contributed by atoms with Crippen molar-refractivity contribution in [2.75, 3.05) is 5.43 Å². The van der Waals surface area contributed by atoms with E-state index in [2.05, 4.69) is 30.5 Å². The summed E-state index contributed by atoms with van der Waals surface area (Å²) in [5, 5.41) is 5.64. The lowest BCUT2D eigenvalue weighted by Crippen LogP contribution is -2.11. The van der Waals surface area contributed by atoms with Crippen LogP contribution in [0.5, 0.6) is 0 Å². The summed E-state index contributed by atoms with van der Waals surface area (Å²) in [7, 11) is 1.83. The fourth-order valence-corrected chi connectivity index (χ4v) is 2.47. The van der Waals surface area contributed by atoms with Crippen molar-refractivity contribution in [1.82, 2.24) is 29.7 Å². The zero-order chi connectivity index (χ0) is 14.8. The van der Waals surface area contributed by atoms with Gasteiger partial charge in [0.25, 0.3) is 0 Å². The molecule has 0 radical (unpaired) electrons. The Morgan fingerprint density at radius 3 is 2.71 bits per heavy atom. The molecule has 3 N–H and O–H groups in total. The minimum Gasteiger partial charge on any atom is -0.308 e. The Balaban J connectivity index is 1.86. The Hall–Kier alpha value is -2.26. The number of hydrogen-bond acceptors (Lipinski definition) is 8. The molecule has 0 bridgehead atoms. The summed E-state index contributed by atoms with van der Waals surface area (Å²) in [6.45, 7) is 1.95. The molecule has 0 aromatic carbocycles. The number of thioether (sulfide) groups is 1. The fraction of sp³-hybridized carbons (Fsp3) is 0.250. The molecular weight excluding hydrogens is 288 g/mol. The number of nitrogens with two attached hydrogens (primary N) is 1. The highest BCUT2D eigenvalue weighted by molar-refractivity contribution is 7.98. The number of hydrazine groups is 1. The molecule has 108 valence electrons. The van der Waals surface area contributed by atoms with Gasteiger partial charge in [-0.2, -0.15) is 5.10 Å². The Morgan fingerprint density at radius 2 is 2.00 bits per heavy atom. The molecule has 3 aromatic rings. The normalized spacial score (nSPS) is 11.0. The average molecular weight is 302 g/mol. The lowest BCUT2D eigenvalue weighted by Gasteiger charge is -2.05. The SMILES string of the molecule is Cc1cnc(SCc2nc(NN)c3cnn(C)c3n2)nc1. The summed E-state index contributed by atoms with van der Waals surface area (Å²) < 4.78 is 1.69. The molecule has 0 aliphatic heterocycles. The molecule has 0 saturated heterocycles. The zero-order valence-electron chi connectivity index (χ0n) is 11.6. The van der Waals surface area contributed by atoms with Crippen molar-refractivity contribution in [3.8, 4) is 0 Å². The van der Waals surface area contributed by atoms with Crippen LogP contribution in [0.3, 0.4) is 0 Å². The van der Waals surface area contributed by atoms with E-state index >= 15 is 0 Å². The van der Waals surface area contributed by atoms with E-state index in [1.54, 1.807) is 23.3 Å². The molecule has 0 atom stereocenters. The number of aryl methyl sites for hydroxylation is 2. The van der Waals surface area contributed by atoms with Crippen LogP contribution in [0.1, 0.15) is 11.4 Å². The highest BCUT2D eigenvalue weighted by Crippen LogP contribution is 2.22. The van der Waals surface area contributed by atoms with E-state index in [1.807, 2.05) is 14.0 Å². The van der Waals surface area contributed by atoms with Gasteiger partial charge < -0.3 is 5.43 Å². The molecule has 0 aliphatic rings. The maximum atomic E-state index is 5.51. The molecule has 0 fully saturated rings. The third-order valence-electron chi connectivity index (χ3n) is 2.86. The first-order valence-electron chi connectivity index (χ1n) is 6.24. The summed E-state index contributed by atoms with van der Waals surface area (Å²) in [6, 6.07) is 0. The molecule has 3 rings (SSSR count). The number of nitrogen functional groups attached to an aromatic ring is 1. The number of hydrogen-bond donors (Lipinski definition) is 2. The Kier molecular flexibility index (Phi) is 3.67. The van der Waals surface area contributed by atoms with Crippen molar-refractivity contribution >= 4 is 28.6 Å². The maximum absolute atomic E-state index is 5.51. The van der Waals surface area contributed by atoms with Gasteiger partial charge in [-0.05, 0) is 12.5 Å². The molecule has 21 heavy (non-hydrogen) atoms. The third kappa shape index (κ3) is 2.78. The summed E-state index contributed by atoms with van der Waals surface area (Å²) >= 11 is 1.47. The Morgan fingerprint density at radius 1 is 1.24 bits per heavy atom. The molecule has 0 aliphatic carbocycles. The number of anilines is 1. The van der Waals surface area contributed by atoms with Gasteiger partial charge in [0.05, 0.1) is 17.3 Å². The topological polar surface area (TPSA) is 107 Å². The summed E-state index contributed by atoms with van der Waals surface area (Å²) in [4.78, 5) is 17.4. The molecule has 0 saturated carbocycles. The second kappa shape index (κ2) is 5.62. The van der Waals surface area contributed by atoms with Gasteiger partial charge >= 0.3 is 0 Å². The molecule has 3 heterocycles. The van der Waals surface area contributed by atoms with Crippen LogP contribution in [0.4, 0.5) is 5.82 Å². The Labute approximate surface area is 125 Å². The minimum atomic E-state index is 0.554. The van der Waals surface area contributed by atoms with Crippen LogP contribution in [0.25, 0.3) is 11.0 Å². The van der Waals surface area contributed by atoms with Crippen molar-refractivity contribution in [2.45, 2.75) is 17.8 Å². The molecule has 8 nitrogen and oxygen atoms in total. The maximum Gasteiger partial charge on any atom is 0.187 e. The quantitative estimate of drug-likeness (QED) is 0.318. The molecule has 9 heteroatoms. The van der Waals surface area contributed by atoms with E-state index in [9.17, 15) is 0 Å². The van der Waals surface area contributed by atoms with Gasteiger partial charge in [-0.3, -0.25) is 4.68 Å². The monoisotopic (exact) mass is 302 g/mol. The number of fused-ring (bicyclic) bond motifs is 1. The Bertz CT molecular complexity index is 767. The first-order valence-corrected chi connectivity index (χ1v) is 7.22. The number of rotatable bonds is 4. The average Bonchev–Trinajstić information content (AvgIpc) is 2.87. The van der Waals surface area contributed by atoms with E-state index in [4.69, 9.17) is 5.84 Å². The molecule has 0 spiro atoms. The van der Waals surface area contributed by atoms with Crippen molar-refractivity contribution in [1.29, 1.82) is 0 Å². The summed E-state index contributed by atoms with van der Waals surface area (Å²) in [6.07, 6.45) is 5.26. The van der Waals surface area contributed by atoms with Crippen LogP contribution in [-0.4, -0.2) is 29.7 Å². The van der Waals surface area contributed by atoms with Crippen LogP contribution in [0.2, 0.25) is 0 Å². The predicted octanol–water partition coefficient (Wildman–Crippen LogP) is 1.04. The predicted molar refractivity (Wildman–Crippen MR) is 80.4 cm³/mol. The van der Waals surface area contributed by atoms with Gasteiger partial charge in [-0.15, -0.1) is 0 Å². The summed E-state index contributed by atoms with van der Waals surface area (Å²) in [5.74, 6) is 7.27. The number of nitrogens with one attached hydrogen (secondary N) is 1. The van der Waals surface area contributed by atoms with Crippen LogP contribution < -0.4 is 11.3 Å². The zero-order valence-corrected chi connectivity index (χ0v) is 12.4. The smallest absolute Gasteiger partial charge is 0.187 e. The second-order valence-corrected chi connectivity index (χ2v) is 5.41. The highest BCUT2D eigenvalue weighted by atomic mass is 32.2. The van der Waals surface area contributed by atoms with E-state index in [1.165, 1.54) is 11.8 Å². The van der Waals surface area contributed by atoms with E-state index < -0.39 is 0 Å². The molecule has 0 amide bonds. The van der Waals surface area contributed by atoms with Crippen LogP contribution in [0, 0.1) is 6.92 Å². The first-order chi connectivity index (χ1) is 10.2. The van der Waals surface area contributed by atoms with Gasteiger partial charge in [0.2, 0.25) is 0 Å². The fourth-order valence-electron chi connectivity index (χ4n) is 1.83.